The van der Waals surface area contributed by atoms with Crippen LogP contribution in [-0.4, -0.2) is 34.7 Å². The van der Waals surface area contributed by atoms with E-state index < -0.39 is 22.0 Å². The maximum Gasteiger partial charge on any atom is 0.474 e. The molecule has 0 bridgehead atoms. The molecule has 0 aliphatic rings. The van der Waals surface area contributed by atoms with Gasteiger partial charge in [-0.25, -0.2) is 8.51 Å². The number of hydrogen-bond donors (Lipinski definition) is 0. The minimum Gasteiger partial charge on any atom is -0.261 e. The van der Waals surface area contributed by atoms with E-state index in [1.54, 1.807) is 0 Å². The zero-order chi connectivity index (χ0) is 14.8. The highest BCUT2D eigenvalue weighted by Crippen LogP contribution is 2.23. The van der Waals surface area contributed by atoms with Crippen LogP contribution in [0.25, 0.3) is 0 Å². The van der Waals surface area contributed by atoms with Gasteiger partial charge in [0, 0.05) is 18.6 Å². The van der Waals surface area contributed by atoms with E-state index in [9.17, 15) is 22.2 Å². The molecule has 0 saturated carbocycles. The molecule has 1 unspecified atom stereocenters. The average Bonchev–Trinajstić information content (AvgIpc) is 2.28. The molecular weight excluding hydrogens is 349 g/mol. The van der Waals surface area contributed by atoms with Crippen LogP contribution in [0.1, 0.15) is 0 Å². The molecule has 1 atom stereocenters. The van der Waals surface area contributed by atoms with Gasteiger partial charge in [0.05, 0.1) is 4.90 Å². The van der Waals surface area contributed by atoms with Crippen molar-refractivity contribution in [1.82, 2.24) is 4.31 Å². The van der Waals surface area contributed by atoms with Crippen molar-refractivity contribution in [2.24, 2.45) is 4.36 Å². The highest BCUT2D eigenvalue weighted by molar-refractivity contribution is 9.10. The number of benzene rings is 1. The summed E-state index contributed by atoms with van der Waals surface area (Å²) in [6, 6.07) is 5.71. The highest BCUT2D eigenvalue weighted by atomic mass is 79.9. The third-order valence-corrected chi connectivity index (χ3v) is 4.88. The van der Waals surface area contributed by atoms with Crippen molar-refractivity contribution in [2.75, 3.05) is 14.1 Å². The Morgan fingerprint density at radius 3 is 2.11 bits per heavy atom. The Bertz CT molecular complexity index is 590. The van der Waals surface area contributed by atoms with Crippen molar-refractivity contribution in [1.29, 1.82) is 0 Å². The van der Waals surface area contributed by atoms with Gasteiger partial charge in [0.15, 0.2) is 0 Å². The van der Waals surface area contributed by atoms with E-state index in [1.165, 1.54) is 38.4 Å². The van der Waals surface area contributed by atoms with Crippen molar-refractivity contribution in [3.05, 3.63) is 28.7 Å². The Morgan fingerprint density at radius 2 is 1.74 bits per heavy atom. The molecule has 106 valence electrons. The van der Waals surface area contributed by atoms with E-state index in [-0.39, 0.29) is 4.90 Å². The van der Waals surface area contributed by atoms with Crippen LogP contribution >= 0.6 is 15.9 Å². The predicted octanol–water partition coefficient (Wildman–Crippen LogP) is 2.84. The SMILES string of the molecule is CN(C)S(=O)(=NC(=O)C(F)(F)F)c1ccc(Br)cc1. The minimum atomic E-state index is -5.14. The van der Waals surface area contributed by atoms with E-state index in [4.69, 9.17) is 0 Å². The molecule has 4 nitrogen and oxygen atoms in total. The molecular formula is C10H10BrF3N2O2S. The summed E-state index contributed by atoms with van der Waals surface area (Å²) in [6.07, 6.45) is -5.14. The Balaban J connectivity index is 3.42. The molecule has 19 heavy (non-hydrogen) atoms. The first kappa shape index (κ1) is 16.1. The maximum atomic E-state index is 12.5. The van der Waals surface area contributed by atoms with E-state index in [1.807, 2.05) is 0 Å². The fourth-order valence-corrected chi connectivity index (χ4v) is 2.89. The molecule has 0 aromatic heterocycles. The molecule has 0 aliphatic carbocycles. The van der Waals surface area contributed by atoms with Gasteiger partial charge in [0.1, 0.15) is 9.92 Å². The topological polar surface area (TPSA) is 49.7 Å². The molecule has 1 aromatic rings. The molecule has 0 aliphatic heterocycles. The lowest BCUT2D eigenvalue weighted by molar-refractivity contribution is -0.169. The molecule has 1 aromatic carbocycles. The van der Waals surface area contributed by atoms with E-state index in [2.05, 4.69) is 20.3 Å². The van der Waals surface area contributed by atoms with E-state index in [0.29, 0.717) is 4.47 Å². The standard InChI is InChI=1S/C10H10BrF3N2O2S/c1-16(2)19(18,15-9(17)10(12,13)14)8-5-3-7(11)4-6-8/h3-6H,1-2H3. The number of carbonyl (C=O) groups is 1. The summed E-state index contributed by atoms with van der Waals surface area (Å²) in [5.41, 5.74) is 0. The van der Waals surface area contributed by atoms with Gasteiger partial charge in [0.2, 0.25) is 0 Å². The maximum absolute atomic E-state index is 12.5. The number of nitrogens with zero attached hydrogens (tertiary/aromatic N) is 2. The Kier molecular flexibility index (Phi) is 4.75. The first-order chi connectivity index (χ1) is 8.57. The Hall–Kier alpha value is -0.930. The fraction of sp³-hybridized carbons (Fsp3) is 0.300. The molecule has 0 radical (unpaired) electrons. The molecule has 0 heterocycles. The summed E-state index contributed by atoms with van der Waals surface area (Å²) < 4.78 is 53.7. The number of carbonyl (C=O) groups excluding carboxylic acids is 1. The number of halogens is 4. The molecule has 0 saturated heterocycles. The first-order valence-corrected chi connectivity index (χ1v) is 7.15. The third kappa shape index (κ3) is 3.77. The first-order valence-electron chi connectivity index (χ1n) is 4.89. The van der Waals surface area contributed by atoms with Crippen molar-refractivity contribution >= 4 is 31.8 Å². The van der Waals surface area contributed by atoms with Crippen LogP contribution in [0, 0.1) is 0 Å². The molecule has 0 N–H and O–H groups in total. The second kappa shape index (κ2) is 5.59. The van der Waals surface area contributed by atoms with Crippen molar-refractivity contribution in [3.8, 4) is 0 Å². The summed E-state index contributed by atoms with van der Waals surface area (Å²) in [5, 5.41) is 0. The van der Waals surface area contributed by atoms with Gasteiger partial charge in [-0.2, -0.15) is 13.2 Å². The van der Waals surface area contributed by atoms with Gasteiger partial charge in [0.25, 0.3) is 0 Å². The second-order valence-electron chi connectivity index (χ2n) is 3.66. The van der Waals surface area contributed by atoms with Gasteiger partial charge in [-0.1, -0.05) is 15.9 Å². The highest BCUT2D eigenvalue weighted by Gasteiger charge is 2.40. The van der Waals surface area contributed by atoms with Crippen LogP contribution in [0.15, 0.2) is 38.0 Å². The summed E-state index contributed by atoms with van der Waals surface area (Å²) in [6.45, 7) is 0. The minimum absolute atomic E-state index is 0.0262. The second-order valence-corrected chi connectivity index (χ2v) is 6.95. The van der Waals surface area contributed by atoms with Crippen LogP contribution in [0.3, 0.4) is 0 Å². The fourth-order valence-electron chi connectivity index (χ4n) is 1.12. The van der Waals surface area contributed by atoms with Crippen molar-refractivity contribution in [2.45, 2.75) is 11.1 Å². The van der Waals surface area contributed by atoms with Crippen LogP contribution in [0.5, 0.6) is 0 Å². The number of rotatable bonds is 2. The normalized spacial score (nSPS) is 15.1. The van der Waals surface area contributed by atoms with Crippen LogP contribution in [-0.2, 0) is 14.7 Å². The number of amides is 1. The van der Waals surface area contributed by atoms with Gasteiger partial charge in [-0.05, 0) is 24.3 Å². The van der Waals surface area contributed by atoms with Gasteiger partial charge < -0.3 is 0 Å². The number of alkyl halides is 3. The van der Waals surface area contributed by atoms with Gasteiger partial charge >= 0.3 is 12.1 Å². The molecule has 9 heteroatoms. The number of hydrogen-bond acceptors (Lipinski definition) is 2. The summed E-state index contributed by atoms with van der Waals surface area (Å²) in [4.78, 5) is 10.9. The van der Waals surface area contributed by atoms with Crippen molar-refractivity contribution in [3.63, 3.8) is 0 Å². The Morgan fingerprint density at radius 1 is 1.26 bits per heavy atom. The summed E-state index contributed by atoms with van der Waals surface area (Å²) >= 11 is 3.15. The third-order valence-electron chi connectivity index (χ3n) is 2.06. The van der Waals surface area contributed by atoms with Gasteiger partial charge in [-0.15, -0.1) is 4.36 Å². The lowest BCUT2D eigenvalue weighted by Gasteiger charge is -2.17. The molecule has 0 spiro atoms. The van der Waals surface area contributed by atoms with Crippen LogP contribution in [0.4, 0.5) is 13.2 Å². The Labute approximate surface area is 117 Å². The molecule has 1 rings (SSSR count). The zero-order valence-electron chi connectivity index (χ0n) is 9.94. The lowest BCUT2D eigenvalue weighted by atomic mass is 10.4. The van der Waals surface area contributed by atoms with E-state index >= 15 is 0 Å². The van der Waals surface area contributed by atoms with Crippen LogP contribution in [0.2, 0.25) is 0 Å². The quantitative estimate of drug-likeness (QED) is 0.816. The summed E-state index contributed by atoms with van der Waals surface area (Å²) in [7, 11) is -1.04. The zero-order valence-corrected chi connectivity index (χ0v) is 12.3. The average molecular weight is 359 g/mol. The largest absolute Gasteiger partial charge is 0.474 e. The smallest absolute Gasteiger partial charge is 0.261 e. The predicted molar refractivity (Wildman–Crippen MR) is 67.7 cm³/mol. The molecule has 1 amide bonds. The van der Waals surface area contributed by atoms with Crippen molar-refractivity contribution < 1.29 is 22.2 Å². The van der Waals surface area contributed by atoms with Crippen LogP contribution < -0.4 is 0 Å². The lowest BCUT2D eigenvalue weighted by Crippen LogP contribution is -2.28. The monoisotopic (exact) mass is 358 g/mol. The van der Waals surface area contributed by atoms with Gasteiger partial charge in [-0.3, -0.25) is 4.79 Å². The van der Waals surface area contributed by atoms with E-state index in [0.717, 1.165) is 4.31 Å². The summed E-state index contributed by atoms with van der Waals surface area (Å²) in [5.74, 6) is -2.37. The molecule has 0 fully saturated rings.